The number of alkyl halides is 1. The first-order chi connectivity index (χ1) is 15.4. The Morgan fingerprint density at radius 1 is 1.34 bits per heavy atom. The third kappa shape index (κ3) is 4.94. The molecular formula is C22H22ClF2N5O2. The molecule has 0 radical (unpaired) electrons. The third-order valence-corrected chi connectivity index (χ3v) is 5.76. The molecule has 1 aromatic carbocycles. The van der Waals surface area contributed by atoms with Gasteiger partial charge in [0.05, 0.1) is 23.2 Å². The van der Waals surface area contributed by atoms with Gasteiger partial charge in [0.1, 0.15) is 29.8 Å². The lowest BCUT2D eigenvalue weighted by Crippen LogP contribution is -2.27. The number of ether oxygens (including phenoxy) is 1. The highest BCUT2D eigenvalue weighted by molar-refractivity contribution is 6.30. The van der Waals surface area contributed by atoms with Crippen LogP contribution < -0.4 is 5.32 Å². The molecule has 1 saturated carbocycles. The number of ketones is 1. The second-order valence-corrected chi connectivity index (χ2v) is 8.23. The summed E-state index contributed by atoms with van der Waals surface area (Å²) in [7, 11) is 1.60. The van der Waals surface area contributed by atoms with Crippen molar-refractivity contribution in [2.24, 2.45) is 5.92 Å². The monoisotopic (exact) mass is 461 g/mol. The molecule has 1 aliphatic carbocycles. The van der Waals surface area contributed by atoms with Gasteiger partial charge in [-0.3, -0.25) is 9.48 Å². The summed E-state index contributed by atoms with van der Waals surface area (Å²) in [6.07, 6.45) is 4.27. The van der Waals surface area contributed by atoms with Crippen LogP contribution in [0.25, 0.3) is 0 Å². The molecule has 0 amide bonds. The van der Waals surface area contributed by atoms with Crippen molar-refractivity contribution in [1.82, 2.24) is 19.7 Å². The van der Waals surface area contributed by atoms with Crippen molar-refractivity contribution in [3.63, 3.8) is 0 Å². The highest BCUT2D eigenvalue weighted by Gasteiger charge is 2.35. The number of anilines is 1. The fourth-order valence-electron chi connectivity index (χ4n) is 3.93. The average Bonchev–Trinajstić information content (AvgIpc) is 3.37. The van der Waals surface area contributed by atoms with E-state index < -0.39 is 18.0 Å². The van der Waals surface area contributed by atoms with Gasteiger partial charge in [-0.15, -0.1) is 0 Å². The molecule has 1 N–H and O–H groups in total. The second-order valence-electron chi connectivity index (χ2n) is 7.82. The zero-order chi connectivity index (χ0) is 22.7. The van der Waals surface area contributed by atoms with Crippen LogP contribution >= 0.6 is 11.6 Å². The van der Waals surface area contributed by atoms with Crippen molar-refractivity contribution in [2.75, 3.05) is 19.0 Å². The molecule has 2 heterocycles. The molecule has 0 spiro atoms. The second kappa shape index (κ2) is 9.70. The number of benzene rings is 1. The number of carbonyl (C=O) groups excluding carboxylic acids is 1. The van der Waals surface area contributed by atoms with E-state index in [0.29, 0.717) is 26.0 Å². The number of hydrogen-bond donors (Lipinski definition) is 1. The lowest BCUT2D eigenvalue weighted by Gasteiger charge is -2.17. The number of nitrogens with zero attached hydrogens (tertiary/aromatic N) is 4. The molecule has 0 bridgehead atoms. The summed E-state index contributed by atoms with van der Waals surface area (Å²) in [5, 5.41) is 7.41. The Morgan fingerprint density at radius 3 is 2.97 bits per heavy atom. The van der Waals surface area contributed by atoms with Gasteiger partial charge >= 0.3 is 0 Å². The van der Waals surface area contributed by atoms with Crippen molar-refractivity contribution < 1.29 is 18.3 Å². The Bertz CT molecular complexity index is 1110. The lowest BCUT2D eigenvalue weighted by molar-refractivity contribution is 0.103. The largest absolute Gasteiger partial charge is 0.384 e. The van der Waals surface area contributed by atoms with Crippen LogP contribution in [0.2, 0.25) is 5.02 Å². The average molecular weight is 462 g/mol. The van der Waals surface area contributed by atoms with Gasteiger partial charge in [0, 0.05) is 26.1 Å². The van der Waals surface area contributed by atoms with E-state index >= 15 is 0 Å². The minimum absolute atomic E-state index is 0.0222. The summed E-state index contributed by atoms with van der Waals surface area (Å²) >= 11 is 5.83. The van der Waals surface area contributed by atoms with Crippen LogP contribution in [0.4, 0.5) is 14.6 Å². The Hall–Kier alpha value is -2.91. The summed E-state index contributed by atoms with van der Waals surface area (Å²) in [6, 6.07) is 5.51. The van der Waals surface area contributed by atoms with E-state index in [9.17, 15) is 13.6 Å². The molecule has 2 aromatic heterocycles. The van der Waals surface area contributed by atoms with Crippen LogP contribution in [0, 0.1) is 11.7 Å². The normalized spacial score (nSPS) is 20.4. The van der Waals surface area contributed by atoms with Crippen LogP contribution in [-0.2, 0) is 11.3 Å². The topological polar surface area (TPSA) is 81.9 Å². The molecule has 7 nitrogen and oxygen atoms in total. The number of carbonyl (C=O) groups is 1. The summed E-state index contributed by atoms with van der Waals surface area (Å²) in [6.45, 7) is 0.807. The van der Waals surface area contributed by atoms with Crippen molar-refractivity contribution in [3.8, 4) is 0 Å². The minimum atomic E-state index is -1.06. The molecule has 0 unspecified atom stereocenters. The molecule has 10 heteroatoms. The maximum Gasteiger partial charge on any atom is 0.218 e. The first kappa shape index (κ1) is 22.3. The van der Waals surface area contributed by atoms with E-state index in [1.54, 1.807) is 30.1 Å². The van der Waals surface area contributed by atoms with Crippen molar-refractivity contribution in [2.45, 2.75) is 31.6 Å². The number of rotatable bonds is 8. The van der Waals surface area contributed by atoms with Gasteiger partial charge in [-0.05, 0) is 42.5 Å². The van der Waals surface area contributed by atoms with E-state index in [1.807, 2.05) is 0 Å². The Labute approximate surface area is 188 Å². The fourth-order valence-corrected chi connectivity index (χ4v) is 4.13. The van der Waals surface area contributed by atoms with Gasteiger partial charge in [0.15, 0.2) is 0 Å². The molecule has 0 aliphatic heterocycles. The summed E-state index contributed by atoms with van der Waals surface area (Å²) < 4.78 is 34.5. The van der Waals surface area contributed by atoms with Gasteiger partial charge in [-0.1, -0.05) is 17.7 Å². The maximum absolute atomic E-state index is 14.5. The van der Waals surface area contributed by atoms with E-state index in [-0.39, 0.29) is 33.8 Å². The highest BCUT2D eigenvalue weighted by atomic mass is 35.5. The van der Waals surface area contributed by atoms with Gasteiger partial charge in [-0.25, -0.2) is 18.7 Å². The minimum Gasteiger partial charge on any atom is -0.384 e. The van der Waals surface area contributed by atoms with Crippen LogP contribution in [0.5, 0.6) is 0 Å². The van der Waals surface area contributed by atoms with Gasteiger partial charge in [0.25, 0.3) is 0 Å². The number of halogens is 3. The first-order valence-electron chi connectivity index (χ1n) is 10.2. The smallest absolute Gasteiger partial charge is 0.218 e. The lowest BCUT2D eigenvalue weighted by atomic mass is 10.1. The van der Waals surface area contributed by atoms with E-state index in [2.05, 4.69) is 20.4 Å². The molecule has 168 valence electrons. The molecule has 32 heavy (non-hydrogen) atoms. The number of methoxy groups -OCH3 is 1. The van der Waals surface area contributed by atoms with E-state index in [0.717, 1.165) is 5.56 Å². The van der Waals surface area contributed by atoms with Crippen LogP contribution in [0.1, 0.15) is 34.5 Å². The zero-order valence-corrected chi connectivity index (χ0v) is 18.1. The van der Waals surface area contributed by atoms with Crippen molar-refractivity contribution >= 4 is 23.2 Å². The van der Waals surface area contributed by atoms with Gasteiger partial charge < -0.3 is 10.1 Å². The van der Waals surface area contributed by atoms with Crippen molar-refractivity contribution in [3.05, 3.63) is 70.6 Å². The van der Waals surface area contributed by atoms with Crippen LogP contribution in [-0.4, -0.2) is 51.5 Å². The molecule has 1 aliphatic rings. The summed E-state index contributed by atoms with van der Waals surface area (Å²) in [5.74, 6) is -0.493. The summed E-state index contributed by atoms with van der Waals surface area (Å²) in [5.41, 5.74) is 1.14. The Balaban J connectivity index is 1.49. The fraction of sp³-hybridized carbons (Fsp3) is 0.364. The molecule has 3 aromatic rings. The standard InChI is InChI=1S/C22H22ClF2N5O2/c1-32-11-14-7-18(25)20(8-14)28-22-15(9-26-12-27-22)21(31)19-4-5-30(29-19)10-13-2-3-17(24)16(23)6-13/h2-6,9,12,14,18,20H,7-8,10-11H2,1H3,(H,26,27,28)/t14-,18+,20-/m1/s1. The number of hydrogen-bond acceptors (Lipinski definition) is 6. The Kier molecular flexibility index (Phi) is 6.76. The third-order valence-electron chi connectivity index (χ3n) is 5.47. The molecule has 1 fully saturated rings. The number of aromatic nitrogens is 4. The summed E-state index contributed by atoms with van der Waals surface area (Å²) in [4.78, 5) is 21.2. The molecule has 0 saturated heterocycles. The molecule has 3 atom stereocenters. The zero-order valence-electron chi connectivity index (χ0n) is 17.3. The van der Waals surface area contributed by atoms with Crippen molar-refractivity contribution in [1.29, 1.82) is 0 Å². The Morgan fingerprint density at radius 2 is 2.19 bits per heavy atom. The first-order valence-corrected chi connectivity index (χ1v) is 10.5. The van der Waals surface area contributed by atoms with Gasteiger partial charge in [0.2, 0.25) is 5.78 Å². The molecule has 4 rings (SSSR count). The quantitative estimate of drug-likeness (QED) is 0.512. The van der Waals surface area contributed by atoms with E-state index in [4.69, 9.17) is 16.3 Å². The van der Waals surface area contributed by atoms with E-state index in [1.165, 1.54) is 24.7 Å². The predicted octanol–water partition coefficient (Wildman–Crippen LogP) is 3.92. The maximum atomic E-state index is 14.5. The van der Waals surface area contributed by atoms with Crippen LogP contribution in [0.15, 0.2) is 43.0 Å². The predicted molar refractivity (Wildman–Crippen MR) is 115 cm³/mol. The molecular weight excluding hydrogens is 440 g/mol. The van der Waals surface area contributed by atoms with Crippen LogP contribution in [0.3, 0.4) is 0 Å². The highest BCUT2D eigenvalue weighted by Crippen LogP contribution is 2.31. The SMILES string of the molecule is COC[C@@H]1C[C@H](F)[C@H](Nc2ncncc2C(=O)c2ccn(Cc3ccc(F)c(Cl)c3)n2)C1. The van der Waals surface area contributed by atoms with Gasteiger partial charge in [-0.2, -0.15) is 5.10 Å². The number of nitrogens with one attached hydrogen (secondary N) is 1.